The van der Waals surface area contributed by atoms with Crippen LogP contribution in [-0.4, -0.2) is 95.9 Å². The highest BCUT2D eigenvalue weighted by Gasteiger charge is 2.29. The maximum absolute atomic E-state index is 12.9. The topological polar surface area (TPSA) is 231 Å². The van der Waals surface area contributed by atoms with E-state index in [-0.39, 0.29) is 19.3 Å². The summed E-state index contributed by atoms with van der Waals surface area (Å²) in [6, 6.07) is 0. The standard InChI is InChI=1S/C83H144O16P2/c1-4-7-10-13-16-19-22-25-28-29-30-31-32-33-34-35-36-37-38-39-40-41-42-43-44-45-46-47-50-52-54-57-60-63-66-69-81(86)93-72-78(84)73-95-100(89,90)96-74-79(85)75-97-101(91,92)98-77-80(99-83(88)71-68-65-62-59-56-53-49-27-24-21-18-15-12-9-6-3)76-94-82(87)70-67-64-61-58-55-51-48-26-23-20-17-14-11-8-5-2/h7-8,10-11,16-17,19-20,25-28,30-31,33-34,36-37,48-49,78-80,84-85H,4-6,9,12-15,18,21-24,29,32,35,38-47,50-77H2,1-3H3,(H,89,90)(H,91,92)/b10-7-,11-8-,19-16-,20-17-,28-25-,31-30-,34-33-,37-36-,48-26-,49-27-. The highest BCUT2D eigenvalue weighted by Crippen LogP contribution is 2.45. The molecule has 0 rings (SSSR count). The van der Waals surface area contributed by atoms with Gasteiger partial charge in [-0.2, -0.15) is 0 Å². The largest absolute Gasteiger partial charge is 0.472 e. The molecule has 0 spiro atoms. The Labute approximate surface area is 614 Å². The minimum atomic E-state index is -4.93. The van der Waals surface area contributed by atoms with E-state index in [0.717, 1.165) is 148 Å². The molecule has 101 heavy (non-hydrogen) atoms. The van der Waals surface area contributed by atoms with Crippen molar-refractivity contribution in [3.05, 3.63) is 122 Å². The van der Waals surface area contributed by atoms with E-state index in [2.05, 4.69) is 142 Å². The summed E-state index contributed by atoms with van der Waals surface area (Å²) in [6.07, 6.45) is 89.8. The van der Waals surface area contributed by atoms with Crippen molar-refractivity contribution in [2.45, 2.75) is 347 Å². The number of aliphatic hydroxyl groups excluding tert-OH is 2. The summed E-state index contributed by atoms with van der Waals surface area (Å²) < 4.78 is 61.1. The zero-order valence-electron chi connectivity index (χ0n) is 63.5. The van der Waals surface area contributed by atoms with E-state index < -0.39 is 91.5 Å². The van der Waals surface area contributed by atoms with Crippen LogP contribution in [0.15, 0.2) is 122 Å². The molecule has 0 aliphatic carbocycles. The minimum Gasteiger partial charge on any atom is -0.463 e. The number of unbranched alkanes of at least 4 members (excludes halogenated alkanes) is 32. The number of hydrogen-bond donors (Lipinski definition) is 4. The molecule has 0 aliphatic rings. The lowest BCUT2D eigenvalue weighted by atomic mass is 10.0. The quantitative estimate of drug-likeness (QED) is 0.0146. The van der Waals surface area contributed by atoms with Crippen LogP contribution in [0.4, 0.5) is 0 Å². The summed E-state index contributed by atoms with van der Waals surface area (Å²) >= 11 is 0. The van der Waals surface area contributed by atoms with Crippen LogP contribution in [-0.2, 0) is 55.8 Å². The Kier molecular flexibility index (Phi) is 72.6. The molecule has 0 aromatic carbocycles. The molecule has 0 bridgehead atoms. The van der Waals surface area contributed by atoms with Gasteiger partial charge in [0.05, 0.1) is 26.4 Å². The fourth-order valence-corrected chi connectivity index (χ4v) is 12.2. The molecule has 0 amide bonds. The predicted molar refractivity (Wildman–Crippen MR) is 417 cm³/mol. The van der Waals surface area contributed by atoms with Gasteiger partial charge in [-0.25, -0.2) is 9.13 Å². The van der Waals surface area contributed by atoms with Crippen LogP contribution in [0.3, 0.4) is 0 Å². The lowest BCUT2D eigenvalue weighted by Gasteiger charge is -2.21. The molecule has 0 fully saturated rings. The van der Waals surface area contributed by atoms with Crippen LogP contribution >= 0.6 is 15.6 Å². The van der Waals surface area contributed by atoms with Gasteiger partial charge in [0, 0.05) is 19.3 Å². The maximum atomic E-state index is 12.9. The first-order chi connectivity index (χ1) is 49.2. The first-order valence-electron chi connectivity index (χ1n) is 39.8. The number of carbonyl (C=O) groups is 3. The maximum Gasteiger partial charge on any atom is 0.472 e. The Hall–Kier alpha value is -4.05. The van der Waals surface area contributed by atoms with Crippen molar-refractivity contribution >= 4 is 33.6 Å². The molecule has 0 saturated heterocycles. The van der Waals surface area contributed by atoms with Crippen LogP contribution in [0.25, 0.3) is 0 Å². The smallest absolute Gasteiger partial charge is 0.463 e. The van der Waals surface area contributed by atoms with Crippen molar-refractivity contribution in [2.75, 3.05) is 39.6 Å². The van der Waals surface area contributed by atoms with E-state index in [1.165, 1.54) is 122 Å². The van der Waals surface area contributed by atoms with Crippen molar-refractivity contribution < 1.29 is 75.8 Å². The van der Waals surface area contributed by atoms with E-state index in [9.17, 15) is 43.5 Å². The molecular weight excluding hydrogens is 1310 g/mol. The van der Waals surface area contributed by atoms with Gasteiger partial charge in [-0.15, -0.1) is 0 Å². The third-order valence-corrected chi connectivity index (χ3v) is 18.6. The van der Waals surface area contributed by atoms with Gasteiger partial charge in [-0.3, -0.25) is 32.5 Å². The average Bonchev–Trinajstić information content (AvgIpc) is 1.74. The molecule has 0 aliphatic heterocycles. The number of aliphatic hydroxyl groups is 2. The van der Waals surface area contributed by atoms with E-state index in [1.54, 1.807) is 0 Å². The zero-order valence-corrected chi connectivity index (χ0v) is 65.3. The van der Waals surface area contributed by atoms with Gasteiger partial charge in [0.1, 0.15) is 25.4 Å². The summed E-state index contributed by atoms with van der Waals surface area (Å²) in [4.78, 5) is 58.5. The third-order valence-electron chi connectivity index (χ3n) is 16.7. The lowest BCUT2D eigenvalue weighted by molar-refractivity contribution is -0.161. The summed E-state index contributed by atoms with van der Waals surface area (Å²) in [6.45, 7) is 2.44. The van der Waals surface area contributed by atoms with Crippen LogP contribution in [0.5, 0.6) is 0 Å². The van der Waals surface area contributed by atoms with Crippen LogP contribution in [0, 0.1) is 0 Å². The number of hydrogen-bond acceptors (Lipinski definition) is 14. The molecule has 0 heterocycles. The molecule has 4 N–H and O–H groups in total. The van der Waals surface area contributed by atoms with Crippen molar-refractivity contribution in [1.29, 1.82) is 0 Å². The van der Waals surface area contributed by atoms with Crippen LogP contribution < -0.4 is 0 Å². The molecular formula is C83H144O16P2. The molecule has 5 atom stereocenters. The number of allylic oxidation sites excluding steroid dienone is 20. The summed E-state index contributed by atoms with van der Waals surface area (Å²) in [5.74, 6) is -1.60. The van der Waals surface area contributed by atoms with Crippen LogP contribution in [0.1, 0.15) is 329 Å². The highest BCUT2D eigenvalue weighted by atomic mass is 31.2. The third kappa shape index (κ3) is 76.9. The molecule has 582 valence electrons. The number of phosphoric acid groups is 2. The molecule has 0 aromatic heterocycles. The van der Waals surface area contributed by atoms with E-state index in [0.29, 0.717) is 19.3 Å². The van der Waals surface area contributed by atoms with E-state index >= 15 is 0 Å². The molecule has 0 saturated carbocycles. The van der Waals surface area contributed by atoms with Gasteiger partial charge in [0.15, 0.2) is 6.10 Å². The molecule has 0 aromatic rings. The monoisotopic (exact) mass is 1460 g/mol. The number of carbonyl (C=O) groups excluding carboxylic acids is 3. The lowest BCUT2D eigenvalue weighted by Crippen LogP contribution is -2.30. The van der Waals surface area contributed by atoms with Crippen molar-refractivity contribution in [3.63, 3.8) is 0 Å². The molecule has 18 heteroatoms. The minimum absolute atomic E-state index is 0.0908. The highest BCUT2D eigenvalue weighted by molar-refractivity contribution is 7.47. The fraction of sp³-hybridized carbons (Fsp3) is 0.723. The summed E-state index contributed by atoms with van der Waals surface area (Å²) in [5.41, 5.74) is 0. The Morgan fingerprint density at radius 2 is 0.525 bits per heavy atom. The Balaban J connectivity index is 4.37. The summed E-state index contributed by atoms with van der Waals surface area (Å²) in [7, 11) is -9.79. The molecule has 5 unspecified atom stereocenters. The van der Waals surface area contributed by atoms with Crippen molar-refractivity contribution in [3.8, 4) is 0 Å². The van der Waals surface area contributed by atoms with Gasteiger partial charge < -0.3 is 34.2 Å². The fourth-order valence-electron chi connectivity index (χ4n) is 10.6. The van der Waals surface area contributed by atoms with E-state index in [4.69, 9.17) is 32.3 Å². The number of esters is 3. The molecule has 16 nitrogen and oxygen atoms in total. The van der Waals surface area contributed by atoms with E-state index in [1.807, 2.05) is 0 Å². The second-order valence-electron chi connectivity index (χ2n) is 26.5. The summed E-state index contributed by atoms with van der Waals surface area (Å²) in [5, 5.41) is 20.6. The Morgan fingerprint density at radius 1 is 0.287 bits per heavy atom. The number of phosphoric ester groups is 2. The number of rotatable bonds is 75. The van der Waals surface area contributed by atoms with Gasteiger partial charge >= 0.3 is 33.6 Å². The van der Waals surface area contributed by atoms with Gasteiger partial charge in [-0.05, 0) is 128 Å². The van der Waals surface area contributed by atoms with Crippen molar-refractivity contribution in [2.24, 2.45) is 0 Å². The number of ether oxygens (including phenoxy) is 3. The second kappa shape index (κ2) is 75.6. The van der Waals surface area contributed by atoms with Crippen molar-refractivity contribution in [1.82, 2.24) is 0 Å². The SMILES string of the molecule is CC/C=C\C/C=C\C/C=C\C/C=C\C/C=C\C/C=C\CCCCCCCCCCCCCCCCCCC(=O)OCC(O)COP(=O)(O)OCC(O)COP(=O)(O)OCC(COC(=O)CCCCCCC/C=C\C/C=C\C/C=C\CC)OC(=O)CCCCCCC/C=C\CCCCCCCC. The second-order valence-corrected chi connectivity index (χ2v) is 29.4. The van der Waals surface area contributed by atoms with Crippen LogP contribution in [0.2, 0.25) is 0 Å². The predicted octanol–water partition coefficient (Wildman–Crippen LogP) is 23.3. The van der Waals surface area contributed by atoms with Gasteiger partial charge in [-0.1, -0.05) is 303 Å². The molecule has 0 radical (unpaired) electrons. The average molecular weight is 1460 g/mol. The first-order valence-corrected chi connectivity index (χ1v) is 42.8. The Bertz CT molecular complexity index is 2320. The van der Waals surface area contributed by atoms with Gasteiger partial charge in [0.2, 0.25) is 0 Å². The first kappa shape index (κ1) is 97.0. The zero-order chi connectivity index (χ0) is 73.7. The Morgan fingerprint density at radius 3 is 0.842 bits per heavy atom. The normalized spacial score (nSPS) is 14.6. The van der Waals surface area contributed by atoms with Gasteiger partial charge in [0.25, 0.3) is 0 Å².